The lowest BCUT2D eigenvalue weighted by Gasteiger charge is -2.09. The Morgan fingerprint density at radius 2 is 1.89 bits per heavy atom. The van der Waals surface area contributed by atoms with Gasteiger partial charge in [-0.15, -0.1) is 0 Å². The van der Waals surface area contributed by atoms with E-state index >= 15 is 0 Å². The molecule has 2 aromatic rings. The van der Waals surface area contributed by atoms with Crippen LogP contribution in [0.5, 0.6) is 11.5 Å². The Morgan fingerprint density at radius 1 is 1.17 bits per heavy atom. The fourth-order valence-corrected chi connectivity index (χ4v) is 1.69. The number of benzene rings is 1. The van der Waals surface area contributed by atoms with Crippen LogP contribution < -0.4 is 15.2 Å². The molecule has 1 aromatic carbocycles. The molecule has 2 rings (SSSR count). The first kappa shape index (κ1) is 12.6. The van der Waals surface area contributed by atoms with E-state index in [4.69, 9.17) is 15.2 Å². The predicted molar refractivity (Wildman–Crippen MR) is 72.7 cm³/mol. The minimum Gasteiger partial charge on any atom is -0.493 e. The van der Waals surface area contributed by atoms with Gasteiger partial charge in [0.05, 0.1) is 18.7 Å². The molecular formula is C12H12BrN3O2. The van der Waals surface area contributed by atoms with Gasteiger partial charge in [0, 0.05) is 11.8 Å². The summed E-state index contributed by atoms with van der Waals surface area (Å²) in [4.78, 5) is 8.40. The minimum atomic E-state index is 0.398. The average molecular weight is 310 g/mol. The van der Waals surface area contributed by atoms with Crippen molar-refractivity contribution in [3.63, 3.8) is 0 Å². The highest BCUT2D eigenvalue weighted by Crippen LogP contribution is 2.31. The van der Waals surface area contributed by atoms with Crippen molar-refractivity contribution in [1.29, 1.82) is 0 Å². The van der Waals surface area contributed by atoms with Gasteiger partial charge in [-0.05, 0) is 34.1 Å². The normalized spacial score (nSPS) is 10.2. The molecule has 0 aliphatic rings. The third-order valence-corrected chi connectivity index (χ3v) is 3.02. The lowest BCUT2D eigenvalue weighted by molar-refractivity contribution is 0.355. The number of hydrogen-bond acceptors (Lipinski definition) is 5. The van der Waals surface area contributed by atoms with Gasteiger partial charge >= 0.3 is 0 Å². The number of rotatable bonds is 3. The van der Waals surface area contributed by atoms with Crippen LogP contribution in [0.15, 0.2) is 28.9 Å². The van der Waals surface area contributed by atoms with Gasteiger partial charge in [0.25, 0.3) is 0 Å². The Labute approximate surface area is 113 Å². The topological polar surface area (TPSA) is 70.3 Å². The zero-order valence-corrected chi connectivity index (χ0v) is 11.6. The van der Waals surface area contributed by atoms with E-state index in [1.165, 1.54) is 0 Å². The Balaban J connectivity index is 2.47. The molecular weight excluding hydrogens is 298 g/mol. The number of halogens is 1. The second kappa shape index (κ2) is 5.22. The molecule has 0 atom stereocenters. The highest BCUT2D eigenvalue weighted by atomic mass is 79.9. The van der Waals surface area contributed by atoms with Crippen molar-refractivity contribution >= 4 is 21.7 Å². The van der Waals surface area contributed by atoms with Crippen molar-refractivity contribution in [2.75, 3.05) is 20.0 Å². The summed E-state index contributed by atoms with van der Waals surface area (Å²) in [6.07, 6.45) is 1.62. The molecule has 1 heterocycles. The van der Waals surface area contributed by atoms with Crippen molar-refractivity contribution in [2.24, 2.45) is 0 Å². The third-order valence-electron chi connectivity index (χ3n) is 2.41. The summed E-state index contributed by atoms with van der Waals surface area (Å²) in [5.74, 6) is 2.22. The van der Waals surface area contributed by atoms with Crippen LogP contribution >= 0.6 is 15.9 Å². The molecule has 0 aliphatic carbocycles. The van der Waals surface area contributed by atoms with Crippen LogP contribution in [0.25, 0.3) is 11.4 Å². The van der Waals surface area contributed by atoms with Gasteiger partial charge in [-0.25, -0.2) is 9.97 Å². The van der Waals surface area contributed by atoms with Crippen LogP contribution in [0.4, 0.5) is 5.82 Å². The van der Waals surface area contributed by atoms with E-state index in [1.54, 1.807) is 26.5 Å². The van der Waals surface area contributed by atoms with Gasteiger partial charge < -0.3 is 15.2 Å². The number of nitrogens with two attached hydrogens (primary N) is 1. The number of aromatic nitrogens is 2. The molecule has 18 heavy (non-hydrogen) atoms. The molecule has 6 heteroatoms. The van der Waals surface area contributed by atoms with Crippen LogP contribution in [-0.2, 0) is 0 Å². The van der Waals surface area contributed by atoms with Crippen LogP contribution in [0, 0.1) is 0 Å². The lowest BCUT2D eigenvalue weighted by atomic mass is 10.2. The fourth-order valence-electron chi connectivity index (χ4n) is 1.49. The van der Waals surface area contributed by atoms with E-state index in [0.717, 1.165) is 5.56 Å². The number of ether oxygens (including phenoxy) is 2. The standard InChI is InChI=1S/C12H12BrN3O2/c1-17-9-4-3-7(5-10(9)18-2)12-15-6-8(13)11(14)16-12/h3-6H,1-2H3,(H2,14,15,16). The number of anilines is 1. The molecule has 5 nitrogen and oxygen atoms in total. The molecule has 0 fully saturated rings. The summed E-state index contributed by atoms with van der Waals surface area (Å²) in [5.41, 5.74) is 6.54. The second-order valence-electron chi connectivity index (χ2n) is 3.50. The second-order valence-corrected chi connectivity index (χ2v) is 4.35. The Kier molecular flexibility index (Phi) is 3.66. The van der Waals surface area contributed by atoms with Crippen molar-refractivity contribution in [3.8, 4) is 22.9 Å². The van der Waals surface area contributed by atoms with E-state index in [-0.39, 0.29) is 0 Å². The van der Waals surface area contributed by atoms with E-state index in [2.05, 4.69) is 25.9 Å². The highest BCUT2D eigenvalue weighted by Gasteiger charge is 2.09. The van der Waals surface area contributed by atoms with Crippen molar-refractivity contribution in [1.82, 2.24) is 9.97 Å². The van der Waals surface area contributed by atoms with Crippen LogP contribution in [-0.4, -0.2) is 24.2 Å². The summed E-state index contributed by atoms with van der Waals surface area (Å²) < 4.78 is 11.1. The van der Waals surface area contributed by atoms with Crippen LogP contribution in [0.1, 0.15) is 0 Å². The average Bonchev–Trinajstić information content (AvgIpc) is 2.41. The summed E-state index contributed by atoms with van der Waals surface area (Å²) in [6.45, 7) is 0. The molecule has 0 saturated carbocycles. The zero-order valence-electron chi connectivity index (χ0n) is 9.98. The van der Waals surface area contributed by atoms with Crippen molar-refractivity contribution < 1.29 is 9.47 Å². The van der Waals surface area contributed by atoms with Crippen LogP contribution in [0.2, 0.25) is 0 Å². The largest absolute Gasteiger partial charge is 0.493 e. The summed E-state index contributed by atoms with van der Waals surface area (Å²) in [7, 11) is 3.17. The van der Waals surface area contributed by atoms with Crippen LogP contribution in [0.3, 0.4) is 0 Å². The Bertz CT molecular complexity index is 575. The van der Waals surface area contributed by atoms with Crippen molar-refractivity contribution in [3.05, 3.63) is 28.9 Å². The van der Waals surface area contributed by atoms with Gasteiger partial charge in [-0.3, -0.25) is 0 Å². The smallest absolute Gasteiger partial charge is 0.161 e. The van der Waals surface area contributed by atoms with E-state index in [1.807, 2.05) is 12.1 Å². The van der Waals surface area contributed by atoms with Gasteiger partial charge in [0.2, 0.25) is 0 Å². The van der Waals surface area contributed by atoms with Gasteiger partial charge in [-0.1, -0.05) is 0 Å². The molecule has 0 radical (unpaired) electrons. The highest BCUT2D eigenvalue weighted by molar-refractivity contribution is 9.10. The van der Waals surface area contributed by atoms with E-state index < -0.39 is 0 Å². The molecule has 2 N–H and O–H groups in total. The number of nitrogens with zero attached hydrogens (tertiary/aromatic N) is 2. The summed E-state index contributed by atoms with van der Waals surface area (Å²) >= 11 is 3.26. The van der Waals surface area contributed by atoms with Gasteiger partial charge in [0.1, 0.15) is 5.82 Å². The molecule has 0 spiro atoms. The molecule has 0 unspecified atom stereocenters. The third kappa shape index (κ3) is 2.38. The lowest BCUT2D eigenvalue weighted by Crippen LogP contribution is -1.97. The first-order valence-corrected chi connectivity index (χ1v) is 5.95. The predicted octanol–water partition coefficient (Wildman–Crippen LogP) is 2.51. The first-order chi connectivity index (χ1) is 8.65. The number of nitrogen functional groups attached to an aromatic ring is 1. The summed E-state index contributed by atoms with van der Waals surface area (Å²) in [6, 6.07) is 5.46. The van der Waals surface area contributed by atoms with E-state index in [9.17, 15) is 0 Å². The maximum absolute atomic E-state index is 5.73. The monoisotopic (exact) mass is 309 g/mol. The number of hydrogen-bond donors (Lipinski definition) is 1. The quantitative estimate of drug-likeness (QED) is 0.943. The molecule has 0 aliphatic heterocycles. The van der Waals surface area contributed by atoms with E-state index in [0.29, 0.717) is 27.6 Å². The zero-order chi connectivity index (χ0) is 13.1. The minimum absolute atomic E-state index is 0.398. The fraction of sp³-hybridized carbons (Fsp3) is 0.167. The van der Waals surface area contributed by atoms with Gasteiger partial charge in [0.15, 0.2) is 17.3 Å². The first-order valence-electron chi connectivity index (χ1n) is 5.16. The summed E-state index contributed by atoms with van der Waals surface area (Å²) in [5, 5.41) is 0. The molecule has 0 saturated heterocycles. The Hall–Kier alpha value is -1.82. The maximum atomic E-state index is 5.73. The molecule has 0 bridgehead atoms. The van der Waals surface area contributed by atoms with Gasteiger partial charge in [-0.2, -0.15) is 0 Å². The maximum Gasteiger partial charge on any atom is 0.161 e. The Morgan fingerprint density at radius 3 is 2.50 bits per heavy atom. The SMILES string of the molecule is COc1ccc(-c2ncc(Br)c(N)n2)cc1OC. The molecule has 0 amide bonds. The molecule has 1 aromatic heterocycles. The molecule has 94 valence electrons. The van der Waals surface area contributed by atoms with Crippen molar-refractivity contribution in [2.45, 2.75) is 0 Å². The number of methoxy groups -OCH3 is 2.